The van der Waals surface area contributed by atoms with E-state index in [-0.39, 0.29) is 29.2 Å². The van der Waals surface area contributed by atoms with Gasteiger partial charge in [0.2, 0.25) is 11.2 Å². The highest BCUT2D eigenvalue weighted by Crippen LogP contribution is 2.25. The summed E-state index contributed by atoms with van der Waals surface area (Å²) in [6.45, 7) is 0.0706. The number of ether oxygens (including phenoxy) is 3. The van der Waals surface area contributed by atoms with Crippen LogP contribution in [0.5, 0.6) is 11.6 Å². The Morgan fingerprint density at radius 3 is 2.44 bits per heavy atom. The molecule has 0 aliphatic carbocycles. The fourth-order valence-corrected chi connectivity index (χ4v) is 2.31. The minimum Gasteiger partial charge on any atom is -0.481 e. The highest BCUT2D eigenvalue weighted by atomic mass is 35.5. The molecule has 2 rings (SSSR count). The van der Waals surface area contributed by atoms with Crippen LogP contribution in [0.2, 0.25) is 5.28 Å². The number of alkyl halides is 3. The lowest BCUT2D eigenvalue weighted by Gasteiger charge is -2.19. The molecule has 11 heteroatoms. The van der Waals surface area contributed by atoms with Crippen LogP contribution in [0.1, 0.15) is 22.1 Å². The van der Waals surface area contributed by atoms with E-state index in [0.717, 1.165) is 12.1 Å². The fourth-order valence-electron chi connectivity index (χ4n) is 2.14. The van der Waals surface area contributed by atoms with Gasteiger partial charge in [-0.05, 0) is 29.3 Å². The molecule has 1 heterocycles. The van der Waals surface area contributed by atoms with Gasteiger partial charge in [-0.3, -0.25) is 4.79 Å². The van der Waals surface area contributed by atoms with E-state index >= 15 is 0 Å². The second-order valence-electron chi connectivity index (χ2n) is 5.16. The van der Waals surface area contributed by atoms with Crippen LogP contribution in [0, 0.1) is 0 Å². The molecule has 1 aromatic carbocycles. The van der Waals surface area contributed by atoms with Crippen LogP contribution in [0.15, 0.2) is 30.3 Å². The smallest absolute Gasteiger partial charge is 0.481 e. The van der Waals surface area contributed by atoms with Gasteiger partial charge in [0.1, 0.15) is 11.4 Å². The van der Waals surface area contributed by atoms with Gasteiger partial charge in [-0.25, -0.2) is 4.98 Å². The van der Waals surface area contributed by atoms with Crippen LogP contribution in [0.3, 0.4) is 0 Å². The van der Waals surface area contributed by atoms with Crippen molar-refractivity contribution in [2.75, 3.05) is 20.8 Å². The molecule has 0 saturated carbocycles. The summed E-state index contributed by atoms with van der Waals surface area (Å²) in [7, 11) is 2.78. The summed E-state index contributed by atoms with van der Waals surface area (Å²) in [6.07, 6.45) is -4.78. The minimum atomic E-state index is -4.78. The maximum Gasteiger partial charge on any atom is 0.573 e. The molecular weight excluding hydrogens is 391 g/mol. The lowest BCUT2D eigenvalue weighted by atomic mass is 10.1. The second kappa shape index (κ2) is 8.87. The van der Waals surface area contributed by atoms with Crippen molar-refractivity contribution in [3.63, 3.8) is 0 Å². The number of carbonyl (C=O) groups excluding carboxylic acids is 1. The largest absolute Gasteiger partial charge is 0.573 e. The van der Waals surface area contributed by atoms with Crippen LogP contribution >= 0.6 is 11.6 Å². The van der Waals surface area contributed by atoms with E-state index in [4.69, 9.17) is 21.1 Å². The Bertz CT molecular complexity index is 787. The number of halogens is 4. The van der Waals surface area contributed by atoms with E-state index in [1.54, 1.807) is 0 Å². The number of nitrogens with one attached hydrogen (secondary N) is 1. The SMILES string of the molecule is COCC(NC(=O)c1cc(OC)nc(Cl)n1)c1ccc(OC(F)(F)F)cc1. The molecular formula is C16H15ClF3N3O4. The Morgan fingerprint density at radius 2 is 1.89 bits per heavy atom. The van der Waals surface area contributed by atoms with Crippen molar-refractivity contribution in [2.45, 2.75) is 12.4 Å². The minimum absolute atomic E-state index is 0.0371. The topological polar surface area (TPSA) is 82.6 Å². The molecule has 0 radical (unpaired) electrons. The molecule has 1 N–H and O–H groups in total. The molecule has 2 aromatic rings. The molecule has 0 saturated heterocycles. The molecule has 0 aliphatic heterocycles. The number of aromatic nitrogens is 2. The first-order chi connectivity index (χ1) is 12.7. The predicted octanol–water partition coefficient (Wildman–Crippen LogP) is 3.15. The summed E-state index contributed by atoms with van der Waals surface area (Å²) in [6, 6.07) is 5.70. The Balaban J connectivity index is 2.17. The molecule has 0 aliphatic rings. The molecule has 0 bridgehead atoms. The first-order valence-corrected chi connectivity index (χ1v) is 7.83. The highest BCUT2D eigenvalue weighted by Gasteiger charge is 2.31. The third kappa shape index (κ3) is 6.26. The third-order valence-corrected chi connectivity index (χ3v) is 3.44. The second-order valence-corrected chi connectivity index (χ2v) is 5.50. The maximum absolute atomic E-state index is 12.4. The number of amides is 1. The number of nitrogens with zero attached hydrogens (tertiary/aromatic N) is 2. The van der Waals surface area contributed by atoms with Crippen LogP contribution in [-0.4, -0.2) is 43.1 Å². The molecule has 27 heavy (non-hydrogen) atoms. The molecule has 1 unspecified atom stereocenters. The molecule has 7 nitrogen and oxygen atoms in total. The predicted molar refractivity (Wildman–Crippen MR) is 88.8 cm³/mol. The number of hydrogen-bond donors (Lipinski definition) is 1. The van der Waals surface area contributed by atoms with Gasteiger partial charge in [-0.15, -0.1) is 13.2 Å². The molecule has 0 fully saturated rings. The lowest BCUT2D eigenvalue weighted by Crippen LogP contribution is -2.32. The molecule has 1 aromatic heterocycles. The molecule has 1 atom stereocenters. The summed E-state index contributed by atoms with van der Waals surface area (Å²) in [5.41, 5.74) is 0.469. The summed E-state index contributed by atoms with van der Waals surface area (Å²) in [5.74, 6) is -0.853. The number of rotatable bonds is 7. The number of carbonyl (C=O) groups is 1. The van der Waals surface area contributed by atoms with Crippen molar-refractivity contribution >= 4 is 17.5 Å². The zero-order chi connectivity index (χ0) is 20.0. The van der Waals surface area contributed by atoms with E-state index in [9.17, 15) is 18.0 Å². The van der Waals surface area contributed by atoms with Gasteiger partial charge in [0.05, 0.1) is 19.8 Å². The average molecular weight is 406 g/mol. The fraction of sp³-hybridized carbons (Fsp3) is 0.312. The zero-order valence-electron chi connectivity index (χ0n) is 14.2. The normalized spacial score (nSPS) is 12.4. The summed E-state index contributed by atoms with van der Waals surface area (Å²) < 4.78 is 50.5. The van der Waals surface area contributed by atoms with E-state index in [2.05, 4.69) is 20.0 Å². The van der Waals surface area contributed by atoms with E-state index in [0.29, 0.717) is 5.56 Å². The van der Waals surface area contributed by atoms with Crippen LogP contribution < -0.4 is 14.8 Å². The van der Waals surface area contributed by atoms with Crippen molar-refractivity contribution in [1.29, 1.82) is 0 Å². The Morgan fingerprint density at radius 1 is 1.22 bits per heavy atom. The Kier molecular flexibility index (Phi) is 6.81. The summed E-state index contributed by atoms with van der Waals surface area (Å²) in [5, 5.41) is 2.50. The Labute approximate surface area is 157 Å². The molecule has 0 spiro atoms. The van der Waals surface area contributed by atoms with Crippen molar-refractivity contribution in [3.05, 3.63) is 46.9 Å². The molecule has 1 amide bonds. The first kappa shape index (κ1) is 20.7. The van der Waals surface area contributed by atoms with Gasteiger partial charge >= 0.3 is 6.36 Å². The number of hydrogen-bond acceptors (Lipinski definition) is 6. The van der Waals surface area contributed by atoms with Crippen LogP contribution in [0.25, 0.3) is 0 Å². The van der Waals surface area contributed by atoms with E-state index in [1.807, 2.05) is 0 Å². The van der Waals surface area contributed by atoms with Gasteiger partial charge in [0.25, 0.3) is 5.91 Å². The summed E-state index contributed by atoms with van der Waals surface area (Å²) in [4.78, 5) is 20.0. The van der Waals surface area contributed by atoms with Gasteiger partial charge in [-0.1, -0.05) is 12.1 Å². The third-order valence-electron chi connectivity index (χ3n) is 3.27. The quantitative estimate of drug-likeness (QED) is 0.712. The van der Waals surface area contributed by atoms with Gasteiger partial charge in [-0.2, -0.15) is 4.98 Å². The van der Waals surface area contributed by atoms with Gasteiger partial charge in [0, 0.05) is 13.2 Å². The van der Waals surface area contributed by atoms with Crippen LogP contribution in [0.4, 0.5) is 13.2 Å². The van der Waals surface area contributed by atoms with E-state index < -0.39 is 18.3 Å². The van der Waals surface area contributed by atoms with Crippen LogP contribution in [-0.2, 0) is 4.74 Å². The van der Waals surface area contributed by atoms with Crippen molar-refractivity contribution < 1.29 is 32.2 Å². The number of methoxy groups -OCH3 is 2. The zero-order valence-corrected chi connectivity index (χ0v) is 15.0. The standard InChI is InChI=1S/C16H15ClF3N3O4/c1-25-8-12(9-3-5-10(6-4-9)27-16(18,19)20)21-14(24)11-7-13(26-2)23-15(17)22-11/h3-7,12H,8H2,1-2H3,(H,21,24). The monoisotopic (exact) mass is 405 g/mol. The first-order valence-electron chi connectivity index (χ1n) is 7.46. The van der Waals surface area contributed by atoms with Gasteiger partial charge < -0.3 is 19.5 Å². The summed E-state index contributed by atoms with van der Waals surface area (Å²) >= 11 is 5.75. The van der Waals surface area contributed by atoms with Crippen molar-refractivity contribution in [1.82, 2.24) is 15.3 Å². The Hall–Kier alpha value is -2.59. The van der Waals surface area contributed by atoms with E-state index in [1.165, 1.54) is 32.4 Å². The van der Waals surface area contributed by atoms with Crippen molar-refractivity contribution in [2.24, 2.45) is 0 Å². The highest BCUT2D eigenvalue weighted by molar-refractivity contribution is 6.28. The molecule has 146 valence electrons. The van der Waals surface area contributed by atoms with Gasteiger partial charge in [0.15, 0.2) is 0 Å². The number of benzene rings is 1. The lowest BCUT2D eigenvalue weighted by molar-refractivity contribution is -0.274. The average Bonchev–Trinajstić information content (AvgIpc) is 2.60. The van der Waals surface area contributed by atoms with Crippen molar-refractivity contribution in [3.8, 4) is 11.6 Å². The maximum atomic E-state index is 12.4.